The fourth-order valence-electron chi connectivity index (χ4n) is 7.68. The molecule has 7 nitrogen and oxygen atoms in total. The zero-order valence-corrected chi connectivity index (χ0v) is 25.4. The van der Waals surface area contributed by atoms with Gasteiger partial charge in [0.2, 0.25) is 0 Å². The number of ether oxygens (including phenoxy) is 2. The SMILES string of the molecule is CCOc1ccc2c(c1)N(CCN1CCC(CCOC)CC1)CCn1c-2c(C2CCCCC2)c2ccc(C(=O)O)cc21. The molecular weight excluding hydrogens is 526 g/mol. The minimum Gasteiger partial charge on any atom is -0.494 e. The molecule has 2 fully saturated rings. The number of likely N-dealkylation sites (tertiary alicyclic amines) is 1. The molecule has 1 aliphatic carbocycles. The number of carboxylic acids is 1. The van der Waals surface area contributed by atoms with E-state index in [1.54, 1.807) is 13.2 Å². The Balaban J connectivity index is 1.37. The second-order valence-electron chi connectivity index (χ2n) is 12.5. The molecule has 3 aromatic rings. The molecule has 2 aromatic carbocycles. The van der Waals surface area contributed by atoms with E-state index in [9.17, 15) is 9.90 Å². The molecule has 1 saturated heterocycles. The van der Waals surface area contributed by atoms with Gasteiger partial charge >= 0.3 is 5.97 Å². The lowest BCUT2D eigenvalue weighted by molar-refractivity contribution is 0.0697. The Morgan fingerprint density at radius 3 is 2.50 bits per heavy atom. The number of benzene rings is 2. The maximum Gasteiger partial charge on any atom is 0.335 e. The highest BCUT2D eigenvalue weighted by Gasteiger charge is 2.31. The third kappa shape index (κ3) is 5.91. The van der Waals surface area contributed by atoms with Gasteiger partial charge in [-0.05, 0) is 93.8 Å². The van der Waals surface area contributed by atoms with Crippen LogP contribution in [-0.2, 0) is 11.3 Å². The Kier molecular flexibility index (Phi) is 9.06. The van der Waals surface area contributed by atoms with Gasteiger partial charge in [0.25, 0.3) is 0 Å². The molecule has 7 heteroatoms. The third-order valence-electron chi connectivity index (χ3n) is 9.96. The summed E-state index contributed by atoms with van der Waals surface area (Å²) in [7, 11) is 1.80. The lowest BCUT2D eigenvalue weighted by Crippen LogP contribution is -2.40. The molecule has 0 bridgehead atoms. The van der Waals surface area contributed by atoms with Crippen molar-refractivity contribution in [2.24, 2.45) is 5.92 Å². The first-order valence-electron chi connectivity index (χ1n) is 16.2. The Labute approximate surface area is 250 Å². The van der Waals surface area contributed by atoms with Crippen LogP contribution in [0, 0.1) is 5.92 Å². The number of anilines is 1. The summed E-state index contributed by atoms with van der Waals surface area (Å²) < 4.78 is 13.8. The summed E-state index contributed by atoms with van der Waals surface area (Å²) in [6.45, 7) is 9.58. The Morgan fingerprint density at radius 2 is 1.76 bits per heavy atom. The van der Waals surface area contributed by atoms with E-state index < -0.39 is 5.97 Å². The number of hydrogen-bond donors (Lipinski definition) is 1. The summed E-state index contributed by atoms with van der Waals surface area (Å²) in [5.74, 6) is 1.33. The van der Waals surface area contributed by atoms with Crippen molar-refractivity contribution in [2.75, 3.05) is 57.9 Å². The van der Waals surface area contributed by atoms with Crippen LogP contribution < -0.4 is 9.64 Å². The smallest absolute Gasteiger partial charge is 0.335 e. The van der Waals surface area contributed by atoms with E-state index in [1.807, 2.05) is 13.0 Å². The van der Waals surface area contributed by atoms with Gasteiger partial charge < -0.3 is 28.9 Å². The van der Waals surface area contributed by atoms with Crippen molar-refractivity contribution >= 4 is 22.6 Å². The molecule has 3 heterocycles. The van der Waals surface area contributed by atoms with Crippen LogP contribution in [-0.4, -0.2) is 73.6 Å². The summed E-state index contributed by atoms with van der Waals surface area (Å²) in [6, 6.07) is 12.4. The molecule has 0 atom stereocenters. The second-order valence-corrected chi connectivity index (χ2v) is 12.5. The summed E-state index contributed by atoms with van der Waals surface area (Å²) in [5, 5.41) is 11.1. The van der Waals surface area contributed by atoms with Gasteiger partial charge in [0, 0.05) is 68.1 Å². The van der Waals surface area contributed by atoms with E-state index in [2.05, 4.69) is 38.6 Å². The average Bonchev–Trinajstić information content (AvgIpc) is 3.25. The third-order valence-corrected chi connectivity index (χ3v) is 9.96. The first-order chi connectivity index (χ1) is 20.6. The zero-order chi connectivity index (χ0) is 29.1. The van der Waals surface area contributed by atoms with Gasteiger partial charge in [0.15, 0.2) is 0 Å². The van der Waals surface area contributed by atoms with Gasteiger partial charge in [-0.15, -0.1) is 0 Å². The zero-order valence-electron chi connectivity index (χ0n) is 25.4. The number of fused-ring (bicyclic) bond motifs is 5. The van der Waals surface area contributed by atoms with Crippen LogP contribution >= 0.6 is 0 Å². The van der Waals surface area contributed by atoms with Crippen LogP contribution in [0.5, 0.6) is 5.75 Å². The molecule has 6 rings (SSSR count). The molecule has 226 valence electrons. The molecule has 0 unspecified atom stereocenters. The van der Waals surface area contributed by atoms with Gasteiger partial charge in [0.05, 0.1) is 17.9 Å². The Morgan fingerprint density at radius 1 is 0.952 bits per heavy atom. The van der Waals surface area contributed by atoms with E-state index >= 15 is 0 Å². The van der Waals surface area contributed by atoms with Crippen LogP contribution in [0.3, 0.4) is 0 Å². The minimum absolute atomic E-state index is 0.361. The molecule has 0 radical (unpaired) electrons. The van der Waals surface area contributed by atoms with E-state index in [0.717, 1.165) is 63.1 Å². The maximum absolute atomic E-state index is 12.0. The number of aromatic carboxylic acids is 1. The number of methoxy groups -OCH3 is 1. The molecule has 1 N–H and O–H groups in total. The Hall–Kier alpha value is -3.03. The van der Waals surface area contributed by atoms with Gasteiger partial charge in [-0.1, -0.05) is 25.3 Å². The van der Waals surface area contributed by atoms with Crippen LogP contribution in [0.25, 0.3) is 22.2 Å². The molecule has 0 amide bonds. The van der Waals surface area contributed by atoms with Crippen molar-refractivity contribution in [3.8, 4) is 17.0 Å². The molecular formula is C35H47N3O4. The summed E-state index contributed by atoms with van der Waals surface area (Å²) in [5.41, 5.74) is 6.63. The van der Waals surface area contributed by atoms with Crippen LogP contribution in [0.1, 0.15) is 80.1 Å². The fraction of sp³-hybridized carbons (Fsp3) is 0.571. The summed E-state index contributed by atoms with van der Waals surface area (Å²) in [6.07, 6.45) is 9.89. The molecule has 1 saturated carbocycles. The van der Waals surface area contributed by atoms with E-state index in [1.165, 1.54) is 79.3 Å². The standard InChI is InChI=1S/C35H47N3O4/c1-3-42-28-10-12-30-31(24-28)37(19-18-36-16-13-25(14-17-36)15-22-41-2)20-21-38-32-23-27(35(39)40)9-11-29(32)33(34(30)38)26-7-5-4-6-8-26/h9-12,23-26H,3-8,13-22H2,1-2H3,(H,39,40). The lowest BCUT2D eigenvalue weighted by atomic mass is 9.81. The van der Waals surface area contributed by atoms with E-state index in [0.29, 0.717) is 18.1 Å². The number of piperidine rings is 1. The Bertz CT molecular complexity index is 1380. The number of carboxylic acid groups (broad SMARTS) is 1. The number of carbonyl (C=O) groups is 1. The number of rotatable bonds is 10. The van der Waals surface area contributed by atoms with Crippen LogP contribution in [0.15, 0.2) is 36.4 Å². The molecule has 1 aromatic heterocycles. The summed E-state index contributed by atoms with van der Waals surface area (Å²) >= 11 is 0. The van der Waals surface area contributed by atoms with Gasteiger partial charge in [-0.25, -0.2) is 4.79 Å². The normalized spacial score (nSPS) is 18.6. The van der Waals surface area contributed by atoms with Crippen molar-refractivity contribution < 1.29 is 19.4 Å². The average molecular weight is 574 g/mol. The number of hydrogen-bond acceptors (Lipinski definition) is 5. The summed E-state index contributed by atoms with van der Waals surface area (Å²) in [4.78, 5) is 17.2. The van der Waals surface area contributed by atoms with Crippen molar-refractivity contribution in [1.82, 2.24) is 9.47 Å². The molecule has 2 aliphatic heterocycles. The van der Waals surface area contributed by atoms with Crippen LogP contribution in [0.2, 0.25) is 0 Å². The molecule has 0 spiro atoms. The lowest BCUT2D eigenvalue weighted by Gasteiger charge is -2.34. The maximum atomic E-state index is 12.0. The minimum atomic E-state index is -0.866. The fourth-order valence-corrected chi connectivity index (χ4v) is 7.68. The quantitative estimate of drug-likeness (QED) is 0.281. The second kappa shape index (κ2) is 13.1. The van der Waals surface area contributed by atoms with Gasteiger partial charge in [0.1, 0.15) is 5.75 Å². The van der Waals surface area contributed by atoms with E-state index in [-0.39, 0.29) is 0 Å². The van der Waals surface area contributed by atoms with Crippen LogP contribution in [0.4, 0.5) is 5.69 Å². The van der Waals surface area contributed by atoms with Crippen molar-refractivity contribution in [3.63, 3.8) is 0 Å². The number of nitrogens with zero attached hydrogens (tertiary/aromatic N) is 3. The van der Waals surface area contributed by atoms with E-state index in [4.69, 9.17) is 9.47 Å². The molecule has 42 heavy (non-hydrogen) atoms. The monoisotopic (exact) mass is 573 g/mol. The van der Waals surface area contributed by atoms with Gasteiger partial charge in [-0.3, -0.25) is 0 Å². The topological polar surface area (TPSA) is 67.2 Å². The first kappa shape index (κ1) is 29.1. The predicted molar refractivity (Wildman–Crippen MR) is 169 cm³/mol. The van der Waals surface area contributed by atoms with Crippen molar-refractivity contribution in [3.05, 3.63) is 47.5 Å². The van der Waals surface area contributed by atoms with Crippen molar-refractivity contribution in [1.29, 1.82) is 0 Å². The first-order valence-corrected chi connectivity index (χ1v) is 16.2. The van der Waals surface area contributed by atoms with Gasteiger partial charge in [-0.2, -0.15) is 0 Å². The van der Waals surface area contributed by atoms with Crippen molar-refractivity contribution in [2.45, 2.75) is 70.8 Å². The predicted octanol–water partition coefficient (Wildman–Crippen LogP) is 7.02. The number of aromatic nitrogens is 1. The molecule has 3 aliphatic rings. The highest BCUT2D eigenvalue weighted by Crippen LogP contribution is 2.48. The highest BCUT2D eigenvalue weighted by molar-refractivity contribution is 5.99. The largest absolute Gasteiger partial charge is 0.494 e. The highest BCUT2D eigenvalue weighted by atomic mass is 16.5.